The number of carboxylic acids is 1. The largest absolute Gasteiger partial charge is 0.493 e. The maximum atomic E-state index is 10.9. The van der Waals surface area contributed by atoms with Crippen LogP contribution in [0.15, 0.2) is 30.5 Å². The maximum Gasteiger partial charge on any atom is 0.354 e. The summed E-state index contributed by atoms with van der Waals surface area (Å²) in [6.07, 6.45) is 1.30. The van der Waals surface area contributed by atoms with Crippen LogP contribution in [-0.4, -0.2) is 35.3 Å². The summed E-state index contributed by atoms with van der Waals surface area (Å²) in [4.78, 5) is 18.5. The first-order valence-corrected chi connectivity index (χ1v) is 5.61. The second-order valence-corrected chi connectivity index (χ2v) is 3.62. The number of aromatic nitrogens is 2. The van der Waals surface area contributed by atoms with Crippen LogP contribution in [0, 0.1) is 0 Å². The number of para-hydroxylation sites is 1. The van der Waals surface area contributed by atoms with Gasteiger partial charge < -0.3 is 19.3 Å². The summed E-state index contributed by atoms with van der Waals surface area (Å²) in [5.74, 6) is -0.0355. The second-order valence-electron chi connectivity index (χ2n) is 3.62. The maximum absolute atomic E-state index is 10.9. The standard InChI is InChI=1S/C13H12N2O5/c1-18-9-4-3-5-10(19-2)11(9)20-13-14-7-6-8(15-13)12(16)17/h3-7H,1-2H3,(H,16,17). The van der Waals surface area contributed by atoms with Gasteiger partial charge in [0, 0.05) is 6.20 Å². The number of ether oxygens (including phenoxy) is 3. The van der Waals surface area contributed by atoms with E-state index in [9.17, 15) is 4.79 Å². The first kappa shape index (κ1) is 13.6. The molecule has 7 heteroatoms. The Hall–Kier alpha value is -2.83. The van der Waals surface area contributed by atoms with Crippen LogP contribution in [0.3, 0.4) is 0 Å². The molecule has 2 aromatic rings. The smallest absolute Gasteiger partial charge is 0.354 e. The van der Waals surface area contributed by atoms with E-state index in [4.69, 9.17) is 19.3 Å². The molecule has 0 atom stereocenters. The fraction of sp³-hybridized carbons (Fsp3) is 0.154. The van der Waals surface area contributed by atoms with Crippen molar-refractivity contribution < 1.29 is 24.1 Å². The number of rotatable bonds is 5. The lowest BCUT2D eigenvalue weighted by Crippen LogP contribution is -2.03. The van der Waals surface area contributed by atoms with Crippen molar-refractivity contribution in [2.75, 3.05) is 14.2 Å². The number of nitrogens with zero attached hydrogens (tertiary/aromatic N) is 2. The van der Waals surface area contributed by atoms with Gasteiger partial charge in [-0.1, -0.05) is 6.07 Å². The van der Waals surface area contributed by atoms with Gasteiger partial charge in [0.15, 0.2) is 17.2 Å². The lowest BCUT2D eigenvalue weighted by atomic mass is 10.3. The van der Waals surface area contributed by atoms with Gasteiger partial charge in [-0.25, -0.2) is 9.78 Å². The summed E-state index contributed by atoms with van der Waals surface area (Å²) in [6, 6.07) is 6.26. The van der Waals surface area contributed by atoms with E-state index >= 15 is 0 Å². The molecule has 0 aliphatic carbocycles. The van der Waals surface area contributed by atoms with E-state index in [0.29, 0.717) is 11.5 Å². The van der Waals surface area contributed by atoms with E-state index < -0.39 is 5.97 Å². The number of carboxylic acid groups (broad SMARTS) is 1. The highest BCUT2D eigenvalue weighted by Crippen LogP contribution is 2.38. The molecule has 0 saturated heterocycles. The Balaban J connectivity index is 2.39. The number of aromatic carboxylic acids is 1. The lowest BCUT2D eigenvalue weighted by Gasteiger charge is -2.12. The van der Waals surface area contributed by atoms with Crippen molar-refractivity contribution >= 4 is 5.97 Å². The molecule has 0 aliphatic heterocycles. The van der Waals surface area contributed by atoms with E-state index in [1.54, 1.807) is 18.2 Å². The van der Waals surface area contributed by atoms with Gasteiger partial charge in [-0.2, -0.15) is 4.98 Å². The third-order valence-electron chi connectivity index (χ3n) is 2.43. The topological polar surface area (TPSA) is 90.8 Å². The van der Waals surface area contributed by atoms with Crippen LogP contribution in [0.4, 0.5) is 0 Å². The van der Waals surface area contributed by atoms with Gasteiger partial charge in [0.05, 0.1) is 14.2 Å². The monoisotopic (exact) mass is 276 g/mol. The predicted molar refractivity (Wildman–Crippen MR) is 68.6 cm³/mol. The Morgan fingerprint density at radius 1 is 1.15 bits per heavy atom. The molecule has 104 valence electrons. The first-order chi connectivity index (χ1) is 9.65. The molecular weight excluding hydrogens is 264 g/mol. The van der Waals surface area contributed by atoms with Crippen molar-refractivity contribution in [2.45, 2.75) is 0 Å². The van der Waals surface area contributed by atoms with Crippen LogP contribution < -0.4 is 14.2 Å². The number of methoxy groups -OCH3 is 2. The number of benzene rings is 1. The minimum Gasteiger partial charge on any atom is -0.493 e. The van der Waals surface area contributed by atoms with Gasteiger partial charge in [0.1, 0.15) is 0 Å². The predicted octanol–water partition coefficient (Wildman–Crippen LogP) is 1.98. The van der Waals surface area contributed by atoms with Gasteiger partial charge in [0.25, 0.3) is 0 Å². The van der Waals surface area contributed by atoms with Gasteiger partial charge in [-0.3, -0.25) is 0 Å². The molecular formula is C13H12N2O5. The molecule has 20 heavy (non-hydrogen) atoms. The van der Waals surface area contributed by atoms with Crippen LogP contribution in [-0.2, 0) is 0 Å². The van der Waals surface area contributed by atoms with E-state index in [-0.39, 0.29) is 17.5 Å². The second kappa shape index (κ2) is 5.87. The fourth-order valence-corrected chi connectivity index (χ4v) is 1.52. The fourth-order valence-electron chi connectivity index (χ4n) is 1.52. The molecule has 1 N–H and O–H groups in total. The zero-order chi connectivity index (χ0) is 14.5. The third kappa shape index (κ3) is 2.77. The van der Waals surface area contributed by atoms with Gasteiger partial charge in [-0.15, -0.1) is 0 Å². The number of hydrogen-bond acceptors (Lipinski definition) is 6. The first-order valence-electron chi connectivity index (χ1n) is 5.61. The van der Waals surface area contributed by atoms with Crippen molar-refractivity contribution in [3.63, 3.8) is 0 Å². The lowest BCUT2D eigenvalue weighted by molar-refractivity contribution is 0.0689. The quantitative estimate of drug-likeness (QED) is 0.892. The van der Waals surface area contributed by atoms with E-state index in [1.807, 2.05) is 0 Å². The average molecular weight is 276 g/mol. The van der Waals surface area contributed by atoms with Crippen LogP contribution >= 0.6 is 0 Å². The molecule has 0 fully saturated rings. The SMILES string of the molecule is COc1cccc(OC)c1Oc1nccc(C(=O)O)n1. The molecule has 2 rings (SSSR count). The summed E-state index contributed by atoms with van der Waals surface area (Å²) in [5.41, 5.74) is -0.163. The minimum atomic E-state index is -1.16. The number of carbonyl (C=O) groups is 1. The molecule has 0 saturated carbocycles. The molecule has 0 spiro atoms. The van der Waals surface area contributed by atoms with Gasteiger partial charge >= 0.3 is 12.0 Å². The zero-order valence-corrected chi connectivity index (χ0v) is 10.9. The van der Waals surface area contributed by atoms with Crippen LogP contribution in [0.25, 0.3) is 0 Å². The summed E-state index contributed by atoms with van der Waals surface area (Å²) < 4.78 is 15.8. The summed E-state index contributed by atoms with van der Waals surface area (Å²) in [6.45, 7) is 0. The molecule has 7 nitrogen and oxygen atoms in total. The Labute approximate surface area is 114 Å². The molecule has 0 amide bonds. The molecule has 1 heterocycles. The van der Waals surface area contributed by atoms with Crippen molar-refractivity contribution in [3.05, 3.63) is 36.2 Å². The molecule has 1 aromatic heterocycles. The molecule has 1 aromatic carbocycles. The van der Waals surface area contributed by atoms with Crippen molar-refractivity contribution in [1.82, 2.24) is 9.97 Å². The van der Waals surface area contributed by atoms with Crippen molar-refractivity contribution in [1.29, 1.82) is 0 Å². The molecule has 0 aliphatic rings. The van der Waals surface area contributed by atoms with E-state index in [1.165, 1.54) is 26.5 Å². The Bertz CT molecular complexity index is 608. The van der Waals surface area contributed by atoms with Crippen molar-refractivity contribution in [2.24, 2.45) is 0 Å². The molecule has 0 unspecified atom stereocenters. The summed E-state index contributed by atoms with van der Waals surface area (Å²) in [7, 11) is 2.96. The Morgan fingerprint density at radius 3 is 2.35 bits per heavy atom. The third-order valence-corrected chi connectivity index (χ3v) is 2.43. The highest BCUT2D eigenvalue weighted by Gasteiger charge is 2.15. The Kier molecular flexibility index (Phi) is 3.99. The summed E-state index contributed by atoms with van der Waals surface area (Å²) >= 11 is 0. The summed E-state index contributed by atoms with van der Waals surface area (Å²) in [5, 5.41) is 8.88. The molecule has 0 radical (unpaired) electrons. The Morgan fingerprint density at radius 2 is 1.80 bits per heavy atom. The highest BCUT2D eigenvalue weighted by molar-refractivity contribution is 5.85. The van der Waals surface area contributed by atoms with Crippen LogP contribution in [0.1, 0.15) is 10.5 Å². The van der Waals surface area contributed by atoms with Gasteiger partial charge in [0.2, 0.25) is 5.75 Å². The van der Waals surface area contributed by atoms with Gasteiger partial charge in [-0.05, 0) is 18.2 Å². The molecule has 0 bridgehead atoms. The highest BCUT2D eigenvalue weighted by atomic mass is 16.5. The van der Waals surface area contributed by atoms with Crippen LogP contribution in [0.5, 0.6) is 23.3 Å². The average Bonchev–Trinajstić information content (AvgIpc) is 2.47. The minimum absolute atomic E-state index is 0.104. The zero-order valence-electron chi connectivity index (χ0n) is 10.9. The van der Waals surface area contributed by atoms with E-state index in [2.05, 4.69) is 9.97 Å². The van der Waals surface area contributed by atoms with Crippen molar-refractivity contribution in [3.8, 4) is 23.3 Å². The number of hydrogen-bond donors (Lipinski definition) is 1. The van der Waals surface area contributed by atoms with E-state index in [0.717, 1.165) is 0 Å². The normalized spacial score (nSPS) is 9.90. The van der Waals surface area contributed by atoms with Crippen LogP contribution in [0.2, 0.25) is 0 Å².